The zero-order valence-corrected chi connectivity index (χ0v) is 12.2. The number of anilines is 1. The highest BCUT2D eigenvalue weighted by molar-refractivity contribution is 6.30. The Labute approximate surface area is 127 Å². The van der Waals surface area contributed by atoms with E-state index < -0.39 is 12.0 Å². The van der Waals surface area contributed by atoms with Gasteiger partial charge in [-0.3, -0.25) is 0 Å². The van der Waals surface area contributed by atoms with Gasteiger partial charge in [0.2, 0.25) is 0 Å². The van der Waals surface area contributed by atoms with Crippen molar-refractivity contribution in [2.24, 2.45) is 0 Å². The molecule has 0 bridgehead atoms. The van der Waals surface area contributed by atoms with Crippen LogP contribution >= 0.6 is 11.6 Å². The summed E-state index contributed by atoms with van der Waals surface area (Å²) in [6.07, 6.45) is 0. The van der Waals surface area contributed by atoms with Gasteiger partial charge in [0.05, 0.1) is 6.61 Å². The molecular formula is C16H15ClFNO2. The van der Waals surface area contributed by atoms with E-state index in [1.54, 1.807) is 43.3 Å². The fraction of sp³-hybridized carbons (Fsp3) is 0.188. The molecule has 2 aromatic carbocycles. The Hall–Kier alpha value is -2.07. The molecule has 2 aromatic rings. The van der Waals surface area contributed by atoms with E-state index in [0.717, 1.165) is 5.69 Å². The van der Waals surface area contributed by atoms with Crippen molar-refractivity contribution in [3.05, 3.63) is 64.9 Å². The second-order valence-electron chi connectivity index (χ2n) is 4.39. The Morgan fingerprint density at radius 2 is 1.81 bits per heavy atom. The largest absolute Gasteiger partial charge is 0.464 e. The Kier molecular flexibility index (Phi) is 5.17. The Balaban J connectivity index is 2.25. The van der Waals surface area contributed by atoms with Crippen LogP contribution in [-0.2, 0) is 9.53 Å². The third kappa shape index (κ3) is 4.20. The highest BCUT2D eigenvalue weighted by Crippen LogP contribution is 2.22. The van der Waals surface area contributed by atoms with Gasteiger partial charge in [0, 0.05) is 10.7 Å². The maximum absolute atomic E-state index is 13.0. The average molecular weight is 308 g/mol. The number of halogens is 2. The summed E-state index contributed by atoms with van der Waals surface area (Å²) >= 11 is 5.83. The lowest BCUT2D eigenvalue weighted by Gasteiger charge is -2.19. The number of rotatable bonds is 5. The van der Waals surface area contributed by atoms with Gasteiger partial charge in [-0.1, -0.05) is 23.7 Å². The highest BCUT2D eigenvalue weighted by Gasteiger charge is 2.21. The second-order valence-corrected chi connectivity index (χ2v) is 4.82. The lowest BCUT2D eigenvalue weighted by molar-refractivity contribution is -0.144. The number of nitrogens with one attached hydrogen (secondary N) is 1. The van der Waals surface area contributed by atoms with Gasteiger partial charge >= 0.3 is 5.97 Å². The number of hydrogen-bond donors (Lipinski definition) is 1. The monoisotopic (exact) mass is 307 g/mol. The normalized spacial score (nSPS) is 11.8. The van der Waals surface area contributed by atoms with Crippen LogP contribution < -0.4 is 5.32 Å². The third-order valence-electron chi connectivity index (χ3n) is 2.88. The van der Waals surface area contributed by atoms with Crippen molar-refractivity contribution in [3.8, 4) is 0 Å². The van der Waals surface area contributed by atoms with E-state index in [1.165, 1.54) is 12.1 Å². The van der Waals surface area contributed by atoms with Crippen LogP contribution in [0.25, 0.3) is 0 Å². The molecule has 0 radical (unpaired) electrons. The highest BCUT2D eigenvalue weighted by atomic mass is 35.5. The molecule has 21 heavy (non-hydrogen) atoms. The van der Waals surface area contributed by atoms with E-state index in [0.29, 0.717) is 10.6 Å². The summed E-state index contributed by atoms with van der Waals surface area (Å²) in [6, 6.07) is 12.0. The van der Waals surface area contributed by atoms with Gasteiger partial charge in [0.15, 0.2) is 6.04 Å². The summed E-state index contributed by atoms with van der Waals surface area (Å²) in [6.45, 7) is 2.01. The molecule has 0 saturated heterocycles. The molecule has 1 atom stereocenters. The molecule has 0 heterocycles. The summed E-state index contributed by atoms with van der Waals surface area (Å²) in [7, 11) is 0. The van der Waals surface area contributed by atoms with Crippen molar-refractivity contribution in [2.75, 3.05) is 11.9 Å². The van der Waals surface area contributed by atoms with Gasteiger partial charge in [-0.2, -0.15) is 0 Å². The summed E-state index contributed by atoms with van der Waals surface area (Å²) in [5.74, 6) is -0.771. The topological polar surface area (TPSA) is 38.3 Å². The Morgan fingerprint density at radius 3 is 2.38 bits per heavy atom. The van der Waals surface area contributed by atoms with Crippen LogP contribution in [-0.4, -0.2) is 12.6 Å². The standard InChI is InChI=1S/C16H15ClFNO2/c1-2-21-16(20)15(11-3-7-13(18)8-4-11)19-14-9-5-12(17)6-10-14/h3-10,15,19H,2H2,1H3. The molecule has 0 aromatic heterocycles. The van der Waals surface area contributed by atoms with Crippen LogP contribution in [0.3, 0.4) is 0 Å². The van der Waals surface area contributed by atoms with Crippen LogP contribution in [0.2, 0.25) is 5.02 Å². The number of benzene rings is 2. The van der Waals surface area contributed by atoms with E-state index >= 15 is 0 Å². The smallest absolute Gasteiger partial charge is 0.333 e. The van der Waals surface area contributed by atoms with Gasteiger partial charge in [0.25, 0.3) is 0 Å². The van der Waals surface area contributed by atoms with Crippen LogP contribution in [0.5, 0.6) is 0 Å². The first kappa shape index (κ1) is 15.3. The molecule has 0 fully saturated rings. The molecular weight excluding hydrogens is 293 g/mol. The minimum absolute atomic E-state index is 0.277. The number of carbonyl (C=O) groups excluding carboxylic acids is 1. The summed E-state index contributed by atoms with van der Waals surface area (Å²) in [5.41, 5.74) is 1.35. The predicted octanol–water partition coefficient (Wildman–Crippen LogP) is 4.20. The van der Waals surface area contributed by atoms with Crippen molar-refractivity contribution in [2.45, 2.75) is 13.0 Å². The zero-order valence-electron chi connectivity index (χ0n) is 11.5. The fourth-order valence-electron chi connectivity index (χ4n) is 1.87. The third-order valence-corrected chi connectivity index (χ3v) is 3.13. The molecule has 0 aliphatic heterocycles. The summed E-state index contributed by atoms with van der Waals surface area (Å²) in [4.78, 5) is 12.1. The first-order valence-electron chi connectivity index (χ1n) is 6.54. The number of ether oxygens (including phenoxy) is 1. The van der Waals surface area contributed by atoms with Gasteiger partial charge in [-0.25, -0.2) is 9.18 Å². The summed E-state index contributed by atoms with van der Waals surface area (Å²) < 4.78 is 18.1. The summed E-state index contributed by atoms with van der Waals surface area (Å²) in [5, 5.41) is 3.68. The van der Waals surface area contributed by atoms with Crippen molar-refractivity contribution < 1.29 is 13.9 Å². The Bertz CT molecular complexity index is 599. The molecule has 2 rings (SSSR count). The quantitative estimate of drug-likeness (QED) is 0.842. The fourth-order valence-corrected chi connectivity index (χ4v) is 2.00. The second kappa shape index (κ2) is 7.09. The van der Waals surface area contributed by atoms with E-state index in [4.69, 9.17) is 16.3 Å². The molecule has 110 valence electrons. The number of hydrogen-bond acceptors (Lipinski definition) is 3. The SMILES string of the molecule is CCOC(=O)C(Nc1ccc(Cl)cc1)c1ccc(F)cc1. The first-order valence-corrected chi connectivity index (χ1v) is 6.92. The van der Waals surface area contributed by atoms with E-state index in [2.05, 4.69) is 5.32 Å². The van der Waals surface area contributed by atoms with E-state index in [-0.39, 0.29) is 12.4 Å². The average Bonchev–Trinajstić information content (AvgIpc) is 2.48. The van der Waals surface area contributed by atoms with Crippen LogP contribution in [0, 0.1) is 5.82 Å². The van der Waals surface area contributed by atoms with Crippen LogP contribution in [0.4, 0.5) is 10.1 Å². The minimum Gasteiger partial charge on any atom is -0.464 e. The number of esters is 1. The molecule has 1 N–H and O–H groups in total. The molecule has 0 amide bonds. The number of carbonyl (C=O) groups is 1. The Morgan fingerprint density at radius 1 is 1.19 bits per heavy atom. The van der Waals surface area contributed by atoms with Gasteiger partial charge in [-0.15, -0.1) is 0 Å². The maximum Gasteiger partial charge on any atom is 0.333 e. The van der Waals surface area contributed by atoms with E-state index in [9.17, 15) is 9.18 Å². The molecule has 3 nitrogen and oxygen atoms in total. The van der Waals surface area contributed by atoms with Crippen molar-refractivity contribution in [3.63, 3.8) is 0 Å². The van der Waals surface area contributed by atoms with Gasteiger partial charge in [0.1, 0.15) is 5.82 Å². The first-order chi connectivity index (χ1) is 10.1. The molecule has 0 aliphatic carbocycles. The van der Waals surface area contributed by atoms with Crippen LogP contribution in [0.1, 0.15) is 18.5 Å². The molecule has 5 heteroatoms. The van der Waals surface area contributed by atoms with Gasteiger partial charge in [-0.05, 0) is 48.9 Å². The predicted molar refractivity (Wildman–Crippen MR) is 80.8 cm³/mol. The molecule has 0 saturated carbocycles. The van der Waals surface area contributed by atoms with E-state index in [1.807, 2.05) is 0 Å². The lowest BCUT2D eigenvalue weighted by Crippen LogP contribution is -2.23. The molecule has 0 aliphatic rings. The van der Waals surface area contributed by atoms with Gasteiger partial charge < -0.3 is 10.1 Å². The van der Waals surface area contributed by atoms with Crippen LogP contribution in [0.15, 0.2) is 48.5 Å². The molecule has 1 unspecified atom stereocenters. The maximum atomic E-state index is 13.0. The minimum atomic E-state index is -0.702. The van der Waals surface area contributed by atoms with Crippen molar-refractivity contribution >= 4 is 23.3 Å². The molecule has 0 spiro atoms. The van der Waals surface area contributed by atoms with Crippen molar-refractivity contribution in [1.82, 2.24) is 0 Å². The zero-order chi connectivity index (χ0) is 15.2. The van der Waals surface area contributed by atoms with Crippen molar-refractivity contribution in [1.29, 1.82) is 0 Å². The lowest BCUT2D eigenvalue weighted by atomic mass is 10.1.